The number of rotatable bonds is 4. The molecule has 0 atom stereocenters. The smallest absolute Gasteiger partial charge is 0.131 e. The van der Waals surface area contributed by atoms with Gasteiger partial charge in [-0.05, 0) is 27.7 Å². The molecule has 0 aliphatic carbocycles. The van der Waals surface area contributed by atoms with Crippen molar-refractivity contribution >= 4 is 11.6 Å². The van der Waals surface area contributed by atoms with Crippen LogP contribution in [0.15, 0.2) is 12.4 Å². The highest BCUT2D eigenvalue weighted by molar-refractivity contribution is 5.47. The lowest BCUT2D eigenvalue weighted by molar-refractivity contribution is 0.873. The maximum atomic E-state index is 4.12. The maximum Gasteiger partial charge on any atom is 0.131 e. The van der Waals surface area contributed by atoms with Gasteiger partial charge in [0, 0.05) is 18.2 Å². The van der Waals surface area contributed by atoms with Gasteiger partial charge in [-0.25, -0.2) is 9.97 Å². The molecule has 0 aliphatic heterocycles. The Balaban J connectivity index is 2.68. The fourth-order valence-electron chi connectivity index (χ4n) is 1.11. The van der Waals surface area contributed by atoms with Crippen molar-refractivity contribution in [1.82, 2.24) is 9.97 Å². The van der Waals surface area contributed by atoms with E-state index in [-0.39, 0.29) is 0 Å². The zero-order valence-corrected chi connectivity index (χ0v) is 9.20. The highest BCUT2D eigenvalue weighted by atomic mass is 15.1. The van der Waals surface area contributed by atoms with Gasteiger partial charge in [0.1, 0.15) is 18.0 Å². The van der Waals surface area contributed by atoms with Gasteiger partial charge in [0.15, 0.2) is 0 Å². The Kier molecular flexibility index (Phi) is 3.68. The van der Waals surface area contributed by atoms with Crippen LogP contribution in [0.25, 0.3) is 0 Å². The molecule has 2 N–H and O–H groups in total. The Morgan fingerprint density at radius 1 is 0.929 bits per heavy atom. The minimum absolute atomic E-state index is 0.386. The molecule has 0 aromatic carbocycles. The van der Waals surface area contributed by atoms with Crippen LogP contribution in [0, 0.1) is 0 Å². The topological polar surface area (TPSA) is 49.8 Å². The molecule has 0 saturated heterocycles. The van der Waals surface area contributed by atoms with E-state index in [0.717, 1.165) is 11.6 Å². The number of aromatic nitrogens is 2. The van der Waals surface area contributed by atoms with Gasteiger partial charge in [-0.3, -0.25) is 0 Å². The van der Waals surface area contributed by atoms with Crippen molar-refractivity contribution in [2.45, 2.75) is 39.8 Å². The third-order valence-corrected chi connectivity index (χ3v) is 1.54. The molecule has 1 heterocycles. The van der Waals surface area contributed by atoms with Crippen molar-refractivity contribution in [2.75, 3.05) is 10.6 Å². The van der Waals surface area contributed by atoms with Crippen LogP contribution in [0.3, 0.4) is 0 Å². The van der Waals surface area contributed by atoms with Gasteiger partial charge < -0.3 is 10.6 Å². The fourth-order valence-corrected chi connectivity index (χ4v) is 1.11. The third kappa shape index (κ3) is 3.60. The van der Waals surface area contributed by atoms with Gasteiger partial charge in [0.05, 0.1) is 0 Å². The predicted molar refractivity (Wildman–Crippen MR) is 59.5 cm³/mol. The van der Waals surface area contributed by atoms with E-state index in [1.807, 2.05) is 6.07 Å². The molecule has 0 unspecified atom stereocenters. The monoisotopic (exact) mass is 194 g/mol. The van der Waals surface area contributed by atoms with Crippen LogP contribution in [0.5, 0.6) is 0 Å². The van der Waals surface area contributed by atoms with E-state index < -0.39 is 0 Å². The van der Waals surface area contributed by atoms with Crippen molar-refractivity contribution in [3.8, 4) is 0 Å². The summed E-state index contributed by atoms with van der Waals surface area (Å²) in [5.41, 5.74) is 0. The maximum absolute atomic E-state index is 4.12. The summed E-state index contributed by atoms with van der Waals surface area (Å²) in [6.45, 7) is 8.32. The molecule has 0 spiro atoms. The van der Waals surface area contributed by atoms with Crippen LogP contribution in [-0.2, 0) is 0 Å². The zero-order valence-electron chi connectivity index (χ0n) is 9.20. The zero-order chi connectivity index (χ0) is 10.6. The summed E-state index contributed by atoms with van der Waals surface area (Å²) in [5, 5.41) is 6.45. The number of hydrogen-bond acceptors (Lipinski definition) is 4. The summed E-state index contributed by atoms with van der Waals surface area (Å²) >= 11 is 0. The normalized spacial score (nSPS) is 10.7. The van der Waals surface area contributed by atoms with Crippen LogP contribution in [0.4, 0.5) is 11.6 Å². The number of nitrogens with zero attached hydrogens (tertiary/aromatic N) is 2. The predicted octanol–water partition coefficient (Wildman–Crippen LogP) is 2.12. The van der Waals surface area contributed by atoms with Gasteiger partial charge in [-0.2, -0.15) is 0 Å². The highest BCUT2D eigenvalue weighted by Crippen LogP contribution is 2.10. The van der Waals surface area contributed by atoms with Crippen molar-refractivity contribution < 1.29 is 0 Å². The second-order valence-electron chi connectivity index (χ2n) is 3.89. The molecular formula is C10H18N4. The molecule has 1 aromatic rings. The first kappa shape index (κ1) is 10.8. The molecule has 0 saturated carbocycles. The molecule has 0 radical (unpaired) electrons. The average Bonchev–Trinajstić information content (AvgIpc) is 2.01. The summed E-state index contributed by atoms with van der Waals surface area (Å²) in [6.07, 6.45) is 1.56. The molecule has 78 valence electrons. The molecule has 0 aliphatic rings. The Morgan fingerprint density at radius 3 is 1.71 bits per heavy atom. The number of hydrogen-bond donors (Lipinski definition) is 2. The van der Waals surface area contributed by atoms with Crippen molar-refractivity contribution in [2.24, 2.45) is 0 Å². The largest absolute Gasteiger partial charge is 0.368 e. The SMILES string of the molecule is CC(C)Nc1cc(NC(C)C)ncn1. The van der Waals surface area contributed by atoms with Gasteiger partial charge in [-0.1, -0.05) is 0 Å². The molecule has 14 heavy (non-hydrogen) atoms. The van der Waals surface area contributed by atoms with Gasteiger partial charge in [-0.15, -0.1) is 0 Å². The summed E-state index contributed by atoms with van der Waals surface area (Å²) < 4.78 is 0. The first-order chi connectivity index (χ1) is 6.58. The second-order valence-corrected chi connectivity index (χ2v) is 3.89. The lowest BCUT2D eigenvalue weighted by Crippen LogP contribution is -2.14. The first-order valence-corrected chi connectivity index (χ1v) is 4.93. The third-order valence-electron chi connectivity index (χ3n) is 1.54. The molecule has 1 aromatic heterocycles. The van der Waals surface area contributed by atoms with E-state index in [1.165, 1.54) is 0 Å². The Morgan fingerprint density at radius 2 is 1.36 bits per heavy atom. The molecule has 0 bridgehead atoms. The summed E-state index contributed by atoms with van der Waals surface area (Å²) in [4.78, 5) is 8.25. The van der Waals surface area contributed by atoms with Crippen LogP contribution in [-0.4, -0.2) is 22.1 Å². The van der Waals surface area contributed by atoms with Gasteiger partial charge in [0.2, 0.25) is 0 Å². The number of anilines is 2. The molecule has 1 rings (SSSR count). The Bertz CT molecular complexity index is 258. The summed E-state index contributed by atoms with van der Waals surface area (Å²) in [5.74, 6) is 1.72. The molecule has 4 nitrogen and oxygen atoms in total. The van der Waals surface area contributed by atoms with Gasteiger partial charge in [0.25, 0.3) is 0 Å². The molecule has 0 fully saturated rings. The van der Waals surface area contributed by atoms with Crippen LogP contribution >= 0.6 is 0 Å². The van der Waals surface area contributed by atoms with Gasteiger partial charge >= 0.3 is 0 Å². The fraction of sp³-hybridized carbons (Fsp3) is 0.600. The average molecular weight is 194 g/mol. The minimum Gasteiger partial charge on any atom is -0.368 e. The van der Waals surface area contributed by atoms with E-state index in [2.05, 4.69) is 48.3 Å². The van der Waals surface area contributed by atoms with E-state index >= 15 is 0 Å². The van der Waals surface area contributed by atoms with Crippen LogP contribution in [0.2, 0.25) is 0 Å². The Hall–Kier alpha value is -1.32. The summed E-state index contributed by atoms with van der Waals surface area (Å²) in [6, 6.07) is 2.69. The molecule has 0 amide bonds. The lowest BCUT2D eigenvalue weighted by Gasteiger charge is -2.12. The highest BCUT2D eigenvalue weighted by Gasteiger charge is 2.00. The van der Waals surface area contributed by atoms with Crippen molar-refractivity contribution in [3.63, 3.8) is 0 Å². The standard InChI is InChI=1S/C10H18N4/c1-7(2)13-9-5-10(12-6-11-9)14-8(3)4/h5-8H,1-4H3,(H2,11,12,13,14). The lowest BCUT2D eigenvalue weighted by atomic mass is 10.3. The molecular weight excluding hydrogens is 176 g/mol. The Labute approximate surface area is 85.2 Å². The molecule has 4 heteroatoms. The number of nitrogens with one attached hydrogen (secondary N) is 2. The van der Waals surface area contributed by atoms with Crippen LogP contribution in [0.1, 0.15) is 27.7 Å². The summed E-state index contributed by atoms with van der Waals surface area (Å²) in [7, 11) is 0. The first-order valence-electron chi connectivity index (χ1n) is 4.93. The quantitative estimate of drug-likeness (QED) is 0.770. The van der Waals surface area contributed by atoms with Crippen molar-refractivity contribution in [3.05, 3.63) is 12.4 Å². The van der Waals surface area contributed by atoms with E-state index in [0.29, 0.717) is 12.1 Å². The van der Waals surface area contributed by atoms with E-state index in [4.69, 9.17) is 0 Å². The van der Waals surface area contributed by atoms with E-state index in [9.17, 15) is 0 Å². The second kappa shape index (κ2) is 4.79. The van der Waals surface area contributed by atoms with Crippen molar-refractivity contribution in [1.29, 1.82) is 0 Å². The van der Waals surface area contributed by atoms with E-state index in [1.54, 1.807) is 6.33 Å². The van der Waals surface area contributed by atoms with Crippen LogP contribution < -0.4 is 10.6 Å². The minimum atomic E-state index is 0.386.